The minimum Gasteiger partial charge on any atom is -0.490 e. The lowest BCUT2D eigenvalue weighted by Crippen LogP contribution is -2.34. The molecule has 3 aromatic rings. The molecule has 396 valence electrons. The van der Waals surface area contributed by atoms with E-state index in [0.29, 0.717) is 130 Å². The summed E-state index contributed by atoms with van der Waals surface area (Å²) in [5, 5.41) is 33.5. The van der Waals surface area contributed by atoms with Crippen molar-refractivity contribution in [3.05, 3.63) is 112 Å². The fourth-order valence-corrected chi connectivity index (χ4v) is 8.12. The third-order valence-corrected chi connectivity index (χ3v) is 12.0. The normalized spacial score (nSPS) is 16.9. The van der Waals surface area contributed by atoms with E-state index in [1.165, 1.54) is 0 Å². The van der Waals surface area contributed by atoms with Gasteiger partial charge < -0.3 is 62.5 Å². The molecule has 17 nitrogen and oxygen atoms in total. The first-order valence-corrected chi connectivity index (χ1v) is 25.1. The molecule has 1 N–H and O–H groups in total. The van der Waals surface area contributed by atoms with Gasteiger partial charge in [-0.05, 0) is 101 Å². The maximum atomic E-state index is 12.1. The first-order chi connectivity index (χ1) is 35.9. The summed E-state index contributed by atoms with van der Waals surface area (Å²) >= 11 is 0. The Balaban J connectivity index is 1.51. The zero-order valence-electron chi connectivity index (χ0n) is 43.9. The van der Waals surface area contributed by atoms with Crippen molar-refractivity contribution in [2.75, 3.05) is 141 Å². The molecule has 74 heavy (non-hydrogen) atoms. The summed E-state index contributed by atoms with van der Waals surface area (Å²) in [4.78, 5) is 16.5. The van der Waals surface area contributed by atoms with Gasteiger partial charge in [-0.25, -0.2) is 4.79 Å². The van der Waals surface area contributed by atoms with Crippen molar-refractivity contribution >= 4 is 29.1 Å². The van der Waals surface area contributed by atoms with Crippen LogP contribution in [0.15, 0.2) is 95.3 Å². The number of nitrogens with zero attached hydrogens (tertiary/aromatic N) is 5. The number of nitriles is 3. The van der Waals surface area contributed by atoms with Crippen LogP contribution in [-0.4, -0.2) is 137 Å². The fraction of sp³-hybridized carbons (Fsp3) is 0.474. The quantitative estimate of drug-likeness (QED) is 0.0519. The molecule has 2 aliphatic heterocycles. The maximum Gasteiger partial charge on any atom is 0.333 e. The highest BCUT2D eigenvalue weighted by molar-refractivity contribution is 5.86. The highest BCUT2D eigenvalue weighted by atomic mass is 16.5. The SMILES string of the molecule is C=C(C)C(=O)OCCCC1(C)OC(=C(C#N)C#N)C(C#N)=C1/C=C/c1ccc(N2CCOc3cc(C)ccc3NCCOCCOCCN(CCOCCOCC)c3ccc(C)cc3OCC2)c(OCCOC)c1. The average molecular weight is 1020 g/mol. The number of hydrogen-bond donors (Lipinski definition) is 1. The molecule has 0 aliphatic carbocycles. The Bertz CT molecular complexity index is 2540. The molecule has 5 rings (SSSR count). The number of nitrogens with one attached hydrogen (secondary N) is 1. The Morgan fingerprint density at radius 3 is 2.23 bits per heavy atom. The number of hydrogen-bond acceptors (Lipinski definition) is 17. The number of ether oxygens (including phenoxy) is 10. The number of carbonyl (C=O) groups excluding carboxylic acids is 1. The van der Waals surface area contributed by atoms with Gasteiger partial charge in [-0.15, -0.1) is 0 Å². The van der Waals surface area contributed by atoms with Gasteiger partial charge >= 0.3 is 5.97 Å². The van der Waals surface area contributed by atoms with Crippen LogP contribution in [0, 0.1) is 47.8 Å². The van der Waals surface area contributed by atoms with Crippen molar-refractivity contribution in [2.24, 2.45) is 0 Å². The highest BCUT2D eigenvalue weighted by Gasteiger charge is 2.42. The van der Waals surface area contributed by atoms with Crippen LogP contribution in [0.5, 0.6) is 17.2 Å². The van der Waals surface area contributed by atoms with E-state index >= 15 is 0 Å². The Hall–Kier alpha value is -7.04. The largest absolute Gasteiger partial charge is 0.490 e. The molecule has 1 unspecified atom stereocenters. The molecule has 0 radical (unpaired) electrons. The van der Waals surface area contributed by atoms with Gasteiger partial charge in [0.05, 0.1) is 89.6 Å². The van der Waals surface area contributed by atoms with Gasteiger partial charge in [0, 0.05) is 44.5 Å². The summed E-state index contributed by atoms with van der Waals surface area (Å²) in [6, 6.07) is 24.0. The van der Waals surface area contributed by atoms with Gasteiger partial charge in [0.2, 0.25) is 0 Å². The molecule has 2 aliphatic rings. The Morgan fingerprint density at radius 2 is 1.51 bits per heavy atom. The summed E-state index contributed by atoms with van der Waals surface area (Å²) in [6.07, 6.45) is 4.25. The monoisotopic (exact) mass is 1020 g/mol. The lowest BCUT2D eigenvalue weighted by atomic mass is 9.88. The molecule has 17 heteroatoms. The van der Waals surface area contributed by atoms with Crippen LogP contribution in [0.4, 0.5) is 17.1 Å². The van der Waals surface area contributed by atoms with E-state index in [1.807, 2.05) is 75.4 Å². The third-order valence-electron chi connectivity index (χ3n) is 12.0. The molecule has 0 saturated heterocycles. The Morgan fingerprint density at radius 1 is 0.811 bits per heavy atom. The van der Waals surface area contributed by atoms with Crippen LogP contribution in [0.1, 0.15) is 50.3 Å². The number of aryl methyl sites for hydroxylation is 2. The van der Waals surface area contributed by atoms with Gasteiger partial charge in [-0.3, -0.25) is 0 Å². The van der Waals surface area contributed by atoms with E-state index in [2.05, 4.69) is 46.0 Å². The molecular weight excluding hydrogens is 945 g/mol. The Labute approximate surface area is 437 Å². The van der Waals surface area contributed by atoms with Crippen molar-refractivity contribution in [3.63, 3.8) is 0 Å². The average Bonchev–Trinajstić information content (AvgIpc) is 3.67. The van der Waals surface area contributed by atoms with Gasteiger partial charge in [-0.2, -0.15) is 15.8 Å². The van der Waals surface area contributed by atoms with E-state index in [1.54, 1.807) is 27.0 Å². The van der Waals surface area contributed by atoms with Gasteiger partial charge in [-0.1, -0.05) is 36.9 Å². The molecule has 0 bridgehead atoms. The molecule has 3 aromatic carbocycles. The number of carbonyl (C=O) groups is 1. The van der Waals surface area contributed by atoms with Gasteiger partial charge in [0.25, 0.3) is 0 Å². The smallest absolute Gasteiger partial charge is 0.333 e. The summed E-state index contributed by atoms with van der Waals surface area (Å²) in [5.41, 5.74) is 4.74. The summed E-state index contributed by atoms with van der Waals surface area (Å²) in [6.45, 7) is 21.0. The molecule has 0 saturated carbocycles. The number of methoxy groups -OCH3 is 1. The van der Waals surface area contributed by atoms with E-state index in [4.69, 9.17) is 47.4 Å². The number of anilines is 3. The second-order valence-corrected chi connectivity index (χ2v) is 17.7. The second kappa shape index (κ2) is 30.9. The first-order valence-electron chi connectivity index (χ1n) is 25.1. The third kappa shape index (κ3) is 17.6. The topological polar surface area (TPSA) is 199 Å². The van der Waals surface area contributed by atoms with Gasteiger partial charge in [0.15, 0.2) is 11.3 Å². The van der Waals surface area contributed by atoms with Crippen LogP contribution in [0.3, 0.4) is 0 Å². The molecule has 0 fully saturated rings. The van der Waals surface area contributed by atoms with E-state index in [9.17, 15) is 20.6 Å². The predicted molar refractivity (Wildman–Crippen MR) is 283 cm³/mol. The lowest BCUT2D eigenvalue weighted by Gasteiger charge is -2.29. The lowest BCUT2D eigenvalue weighted by molar-refractivity contribution is -0.139. The number of allylic oxidation sites excluding steroid dienone is 2. The van der Waals surface area contributed by atoms with Crippen molar-refractivity contribution in [1.29, 1.82) is 15.8 Å². The summed E-state index contributed by atoms with van der Waals surface area (Å²) < 4.78 is 60.2. The standard InChI is InChI=1S/C57H72N6O11/c1-8-66-31-32-68-26-20-62-21-27-69-34-33-67-25-19-61-49-15-10-43(4)36-52(49)70-28-22-63(23-29-71-53-37-44(5)11-16-50(53)62)51-17-13-45(38-54(51)72-35-30-65-7)12-14-48-47(41-60)55(46(39-58)40-59)74-57(48,6)18-9-24-73-56(64)42(2)3/h10-17,36-38,61H,2,8-9,18-35H2,1,3-7H3/b14-12+. The van der Waals surface area contributed by atoms with E-state index in [-0.39, 0.29) is 35.7 Å². The zero-order chi connectivity index (χ0) is 53.1. The summed E-state index contributed by atoms with van der Waals surface area (Å²) in [5.74, 6) is 1.41. The van der Waals surface area contributed by atoms with Crippen molar-refractivity contribution in [3.8, 4) is 35.5 Å². The van der Waals surface area contributed by atoms with Crippen LogP contribution in [0.2, 0.25) is 0 Å². The molecule has 0 aromatic heterocycles. The summed E-state index contributed by atoms with van der Waals surface area (Å²) in [7, 11) is 1.61. The second-order valence-electron chi connectivity index (χ2n) is 17.7. The minimum absolute atomic E-state index is 0.0678. The molecule has 2 heterocycles. The number of esters is 1. The molecule has 1 atom stereocenters. The Kier molecular flexibility index (Phi) is 24.1. The minimum atomic E-state index is -1.14. The number of fused-ring (bicyclic) bond motifs is 2. The van der Waals surface area contributed by atoms with Gasteiger partial charge in [0.1, 0.15) is 66.5 Å². The van der Waals surface area contributed by atoms with Crippen LogP contribution >= 0.6 is 0 Å². The van der Waals surface area contributed by atoms with Crippen LogP contribution in [-0.2, 0) is 38.0 Å². The van der Waals surface area contributed by atoms with Crippen molar-refractivity contribution < 1.29 is 52.2 Å². The van der Waals surface area contributed by atoms with Crippen molar-refractivity contribution in [2.45, 2.75) is 53.1 Å². The highest BCUT2D eigenvalue weighted by Crippen LogP contribution is 2.44. The molecule has 0 spiro atoms. The zero-order valence-corrected chi connectivity index (χ0v) is 43.9. The predicted octanol–water partition coefficient (Wildman–Crippen LogP) is 8.43. The van der Waals surface area contributed by atoms with Crippen LogP contribution in [0.25, 0.3) is 6.08 Å². The van der Waals surface area contributed by atoms with E-state index < -0.39 is 11.6 Å². The number of rotatable bonds is 19. The van der Waals surface area contributed by atoms with E-state index in [0.717, 1.165) is 45.3 Å². The molecular formula is C57H72N6O11. The number of benzene rings is 3. The maximum absolute atomic E-state index is 12.1. The van der Waals surface area contributed by atoms with Crippen molar-refractivity contribution in [1.82, 2.24) is 0 Å². The fourth-order valence-electron chi connectivity index (χ4n) is 8.12. The molecule has 0 amide bonds. The van der Waals surface area contributed by atoms with Crippen LogP contribution < -0.4 is 29.3 Å². The first kappa shape index (κ1) is 57.9.